The Hall–Kier alpha value is -1.82. The molecule has 0 bridgehead atoms. The van der Waals surface area contributed by atoms with E-state index in [1.54, 1.807) is 6.07 Å². The molecule has 0 fully saturated rings. The second-order valence-electron chi connectivity index (χ2n) is 3.80. The van der Waals surface area contributed by atoms with Gasteiger partial charge >= 0.3 is 5.97 Å². The molecule has 0 saturated heterocycles. The molecule has 0 spiro atoms. The van der Waals surface area contributed by atoms with Gasteiger partial charge in [-0.05, 0) is 35.6 Å². The Labute approximate surface area is 102 Å². The molecule has 1 aromatic carbocycles. The van der Waals surface area contributed by atoms with Crippen LogP contribution in [-0.2, 0) is 28.8 Å². The van der Waals surface area contributed by atoms with E-state index in [1.807, 2.05) is 19.9 Å². The Kier molecular flexibility index (Phi) is 4.71. The second-order valence-corrected chi connectivity index (χ2v) is 3.80. The summed E-state index contributed by atoms with van der Waals surface area (Å²) in [6, 6.07) is 5.84. The van der Waals surface area contributed by atoms with E-state index in [2.05, 4.69) is 10.8 Å². The molecule has 17 heavy (non-hydrogen) atoms. The average molecular weight is 231 g/mol. The molecule has 1 rings (SSSR count). The summed E-state index contributed by atoms with van der Waals surface area (Å²) in [7, 11) is 1.39. The van der Waals surface area contributed by atoms with E-state index >= 15 is 0 Å². The number of methoxy groups -OCH3 is 1. The van der Waals surface area contributed by atoms with E-state index < -0.39 is 0 Å². The topological polar surface area (TPSA) is 50.1 Å². The SMILES string of the molecule is CCc1c(C#N)ccc(CC(=O)OC)c1CC. The van der Waals surface area contributed by atoms with Crippen LogP contribution in [0.15, 0.2) is 12.1 Å². The fourth-order valence-corrected chi connectivity index (χ4v) is 2.08. The molecular formula is C14H17NO2. The minimum absolute atomic E-state index is 0.244. The second kappa shape index (κ2) is 6.05. The quantitative estimate of drug-likeness (QED) is 0.748. The highest BCUT2D eigenvalue weighted by Gasteiger charge is 2.13. The Bertz CT molecular complexity index is 458. The summed E-state index contributed by atoms with van der Waals surface area (Å²) in [4.78, 5) is 11.3. The van der Waals surface area contributed by atoms with Crippen molar-refractivity contribution in [3.63, 3.8) is 0 Å². The van der Waals surface area contributed by atoms with Gasteiger partial charge in [0.1, 0.15) is 0 Å². The summed E-state index contributed by atoms with van der Waals surface area (Å²) in [5.41, 5.74) is 3.83. The van der Waals surface area contributed by atoms with Crippen molar-refractivity contribution in [3.05, 3.63) is 34.4 Å². The predicted octanol–water partition coefficient (Wildman–Crippen LogP) is 2.40. The van der Waals surface area contributed by atoms with Crippen LogP contribution in [0, 0.1) is 11.3 Å². The molecule has 0 atom stereocenters. The summed E-state index contributed by atoms with van der Waals surface area (Å²) >= 11 is 0. The van der Waals surface area contributed by atoms with Gasteiger partial charge in [-0.25, -0.2) is 0 Å². The molecule has 3 nitrogen and oxygen atoms in total. The third-order valence-corrected chi connectivity index (χ3v) is 2.92. The molecule has 0 heterocycles. The van der Waals surface area contributed by atoms with Crippen LogP contribution in [0.2, 0.25) is 0 Å². The maximum Gasteiger partial charge on any atom is 0.309 e. The van der Waals surface area contributed by atoms with Crippen molar-refractivity contribution in [3.8, 4) is 6.07 Å². The third kappa shape index (κ3) is 2.85. The lowest BCUT2D eigenvalue weighted by molar-refractivity contribution is -0.139. The Balaban J connectivity index is 3.24. The van der Waals surface area contributed by atoms with Gasteiger partial charge in [-0.3, -0.25) is 4.79 Å². The van der Waals surface area contributed by atoms with Crippen molar-refractivity contribution >= 4 is 5.97 Å². The highest BCUT2D eigenvalue weighted by molar-refractivity contribution is 5.73. The van der Waals surface area contributed by atoms with E-state index in [1.165, 1.54) is 7.11 Å². The molecular weight excluding hydrogens is 214 g/mol. The van der Waals surface area contributed by atoms with E-state index in [-0.39, 0.29) is 12.4 Å². The molecule has 0 aliphatic heterocycles. The van der Waals surface area contributed by atoms with Crippen LogP contribution in [-0.4, -0.2) is 13.1 Å². The molecule has 0 saturated carbocycles. The number of carbonyl (C=O) groups is 1. The summed E-state index contributed by atoms with van der Waals surface area (Å²) in [5.74, 6) is -0.244. The molecule has 0 aliphatic carbocycles. The van der Waals surface area contributed by atoms with Crippen molar-refractivity contribution in [2.24, 2.45) is 0 Å². The number of hydrogen-bond donors (Lipinski definition) is 0. The average Bonchev–Trinajstić information content (AvgIpc) is 2.37. The zero-order valence-corrected chi connectivity index (χ0v) is 10.5. The first-order chi connectivity index (χ1) is 8.17. The maximum atomic E-state index is 11.3. The van der Waals surface area contributed by atoms with E-state index in [0.29, 0.717) is 5.56 Å². The molecule has 0 radical (unpaired) electrons. The molecule has 0 N–H and O–H groups in total. The fraction of sp³-hybridized carbons (Fsp3) is 0.429. The van der Waals surface area contributed by atoms with Gasteiger partial charge < -0.3 is 4.74 Å². The third-order valence-electron chi connectivity index (χ3n) is 2.92. The van der Waals surface area contributed by atoms with Gasteiger partial charge in [0.2, 0.25) is 0 Å². The van der Waals surface area contributed by atoms with E-state index in [0.717, 1.165) is 29.5 Å². The number of nitriles is 1. The van der Waals surface area contributed by atoms with Gasteiger partial charge in [0.15, 0.2) is 0 Å². The molecule has 0 aliphatic rings. The molecule has 3 heteroatoms. The number of carbonyl (C=O) groups excluding carboxylic acids is 1. The number of hydrogen-bond acceptors (Lipinski definition) is 3. The smallest absolute Gasteiger partial charge is 0.309 e. The highest BCUT2D eigenvalue weighted by atomic mass is 16.5. The van der Waals surface area contributed by atoms with Gasteiger partial charge in [0.05, 0.1) is 25.2 Å². The first-order valence-corrected chi connectivity index (χ1v) is 5.78. The van der Waals surface area contributed by atoms with Crippen LogP contribution in [0.5, 0.6) is 0 Å². The normalized spacial score (nSPS) is 9.76. The Morgan fingerprint density at radius 1 is 1.29 bits per heavy atom. The number of nitrogens with zero attached hydrogens (tertiary/aromatic N) is 1. The van der Waals surface area contributed by atoms with Crippen molar-refractivity contribution in [2.75, 3.05) is 7.11 Å². The number of ether oxygens (including phenoxy) is 1. The standard InChI is InChI=1S/C14H17NO2/c1-4-12-10(8-14(16)17-3)6-7-11(9-15)13(12)5-2/h6-7H,4-5,8H2,1-3H3. The lowest BCUT2D eigenvalue weighted by Gasteiger charge is -2.13. The number of benzene rings is 1. The van der Waals surface area contributed by atoms with Crippen LogP contribution < -0.4 is 0 Å². The summed E-state index contributed by atoms with van der Waals surface area (Å²) < 4.78 is 4.68. The van der Waals surface area contributed by atoms with Crippen LogP contribution in [0.1, 0.15) is 36.1 Å². The summed E-state index contributed by atoms with van der Waals surface area (Å²) in [6.07, 6.45) is 1.91. The van der Waals surface area contributed by atoms with Crippen molar-refractivity contribution in [2.45, 2.75) is 33.1 Å². The van der Waals surface area contributed by atoms with Crippen molar-refractivity contribution < 1.29 is 9.53 Å². The van der Waals surface area contributed by atoms with Crippen LogP contribution in [0.25, 0.3) is 0 Å². The lowest BCUT2D eigenvalue weighted by Crippen LogP contribution is -2.09. The van der Waals surface area contributed by atoms with Gasteiger partial charge in [0, 0.05) is 0 Å². The number of esters is 1. The van der Waals surface area contributed by atoms with Crippen LogP contribution >= 0.6 is 0 Å². The zero-order chi connectivity index (χ0) is 12.8. The monoisotopic (exact) mass is 231 g/mol. The zero-order valence-electron chi connectivity index (χ0n) is 10.5. The summed E-state index contributed by atoms with van der Waals surface area (Å²) in [6.45, 7) is 4.06. The van der Waals surface area contributed by atoms with Crippen LogP contribution in [0.3, 0.4) is 0 Å². The lowest BCUT2D eigenvalue weighted by atomic mass is 9.91. The van der Waals surface area contributed by atoms with Gasteiger partial charge in [-0.1, -0.05) is 19.9 Å². The fourth-order valence-electron chi connectivity index (χ4n) is 2.08. The van der Waals surface area contributed by atoms with Gasteiger partial charge in [0.25, 0.3) is 0 Å². The largest absolute Gasteiger partial charge is 0.469 e. The maximum absolute atomic E-state index is 11.3. The highest BCUT2D eigenvalue weighted by Crippen LogP contribution is 2.21. The molecule has 90 valence electrons. The first-order valence-electron chi connectivity index (χ1n) is 5.78. The van der Waals surface area contributed by atoms with Crippen molar-refractivity contribution in [1.29, 1.82) is 5.26 Å². The molecule has 0 amide bonds. The molecule has 1 aromatic rings. The predicted molar refractivity (Wildman–Crippen MR) is 65.6 cm³/mol. The van der Waals surface area contributed by atoms with E-state index in [4.69, 9.17) is 5.26 Å². The number of rotatable bonds is 4. The first kappa shape index (κ1) is 13.2. The molecule has 0 aromatic heterocycles. The summed E-state index contributed by atoms with van der Waals surface area (Å²) in [5, 5.41) is 9.05. The Morgan fingerprint density at radius 2 is 1.94 bits per heavy atom. The molecule has 0 unspecified atom stereocenters. The van der Waals surface area contributed by atoms with E-state index in [9.17, 15) is 4.79 Å². The van der Waals surface area contributed by atoms with Crippen LogP contribution in [0.4, 0.5) is 0 Å². The van der Waals surface area contributed by atoms with Crippen molar-refractivity contribution in [1.82, 2.24) is 0 Å². The van der Waals surface area contributed by atoms with Gasteiger partial charge in [-0.15, -0.1) is 0 Å². The Morgan fingerprint density at radius 3 is 2.41 bits per heavy atom. The van der Waals surface area contributed by atoms with Gasteiger partial charge in [-0.2, -0.15) is 5.26 Å². The minimum Gasteiger partial charge on any atom is -0.469 e. The minimum atomic E-state index is -0.244.